The summed E-state index contributed by atoms with van der Waals surface area (Å²) >= 11 is 8.54. The smallest absolute Gasteiger partial charge is 0.276 e. The number of hydrogen-bond donors (Lipinski definition) is 1. The first kappa shape index (κ1) is 15.7. The lowest BCUT2D eigenvalue weighted by atomic mass is 10.0. The molecule has 1 N–H and O–H groups in total. The summed E-state index contributed by atoms with van der Waals surface area (Å²) in [5.74, 6) is 0. The molecule has 1 aliphatic heterocycles. The van der Waals surface area contributed by atoms with Crippen LogP contribution in [-0.2, 0) is 0 Å². The molecule has 1 fully saturated rings. The van der Waals surface area contributed by atoms with Crippen LogP contribution in [0.3, 0.4) is 0 Å². The molecule has 1 aromatic rings. The summed E-state index contributed by atoms with van der Waals surface area (Å²) in [4.78, 5) is 3.24. The van der Waals surface area contributed by atoms with Crippen LogP contribution in [0.5, 0.6) is 0 Å². The van der Waals surface area contributed by atoms with E-state index in [2.05, 4.69) is 13.8 Å². The van der Waals surface area contributed by atoms with Crippen molar-refractivity contribution in [1.82, 2.24) is 4.90 Å². The fraction of sp³-hybridized carbons (Fsp3) is 0.429. The van der Waals surface area contributed by atoms with Crippen molar-refractivity contribution in [3.8, 4) is 0 Å². The largest absolute Gasteiger partial charge is 0.347 e. The molecule has 20 heavy (non-hydrogen) atoms. The maximum atomic E-state index is 10.4. The molecule has 0 saturated carbocycles. The molecular weight excluding hydrogens is 308 g/mol. The topological polar surface area (TPSA) is 26.5 Å². The van der Waals surface area contributed by atoms with Gasteiger partial charge in [-0.15, -0.1) is 11.8 Å². The summed E-state index contributed by atoms with van der Waals surface area (Å²) in [6.45, 7) is 4.16. The second-order valence-corrected chi connectivity index (χ2v) is 7.82. The first-order valence-corrected chi connectivity index (χ1v) is 8.78. The summed E-state index contributed by atoms with van der Waals surface area (Å²) < 4.78 is 2.08. The van der Waals surface area contributed by atoms with E-state index in [0.717, 1.165) is 9.88 Å². The number of rotatable bonds is 3. The van der Waals surface area contributed by atoms with Crippen molar-refractivity contribution in [1.29, 1.82) is 0 Å². The zero-order chi connectivity index (χ0) is 14.9. The van der Waals surface area contributed by atoms with Crippen LogP contribution in [0.25, 0.3) is 0 Å². The normalized spacial score (nSPS) is 22.4. The summed E-state index contributed by atoms with van der Waals surface area (Å²) in [6, 6.07) is 8.11. The van der Waals surface area contributed by atoms with Gasteiger partial charge in [-0.05, 0) is 60.9 Å². The van der Waals surface area contributed by atoms with E-state index >= 15 is 0 Å². The Bertz CT molecular complexity index is 540. The molecule has 0 bridgehead atoms. The number of thioether (sulfide) groups is 2. The minimum Gasteiger partial charge on any atom is -0.347 e. The maximum Gasteiger partial charge on any atom is 0.276 e. The monoisotopic (exact) mass is 327 g/mol. The van der Waals surface area contributed by atoms with Crippen molar-refractivity contribution in [3.63, 3.8) is 0 Å². The van der Waals surface area contributed by atoms with Crippen LogP contribution in [0.4, 0.5) is 0 Å². The first-order chi connectivity index (χ1) is 9.36. The summed E-state index contributed by atoms with van der Waals surface area (Å²) in [7, 11) is 1.97. The van der Waals surface area contributed by atoms with Crippen LogP contribution in [0, 0.1) is 0 Å². The van der Waals surface area contributed by atoms with Crippen LogP contribution in [0.2, 0.25) is 0 Å². The summed E-state index contributed by atoms with van der Waals surface area (Å²) in [5, 5.41) is 10.3. The van der Waals surface area contributed by atoms with Crippen molar-refractivity contribution in [2.75, 3.05) is 13.3 Å². The van der Waals surface area contributed by atoms with Gasteiger partial charge >= 0.3 is 0 Å². The van der Waals surface area contributed by atoms with E-state index in [1.54, 1.807) is 18.0 Å². The van der Waals surface area contributed by atoms with Crippen molar-refractivity contribution in [3.05, 3.63) is 29.8 Å². The molecule has 1 aliphatic rings. The molecule has 1 atom stereocenters. The highest BCUT2D eigenvalue weighted by atomic mass is 32.2. The standard InChI is InChI=1S/C14H19N2OS3/c1-14(2)12(20-13(18)15(14)3)16(17)9-10-5-7-11(19-4)8-6-10/h5-9,12,17H,1-4H3/q+1. The molecule has 0 aliphatic carbocycles. The number of thiocarbonyl (C=S) groups is 1. The molecular formula is C14H19N2OS3+. The van der Waals surface area contributed by atoms with E-state index in [0.29, 0.717) is 0 Å². The summed E-state index contributed by atoms with van der Waals surface area (Å²) in [6.07, 6.45) is 3.80. The zero-order valence-corrected chi connectivity index (χ0v) is 14.5. The SMILES string of the molecule is CSc1ccc(C=[N+](O)C2SC(=S)N(C)C2(C)C)cc1. The van der Waals surface area contributed by atoms with E-state index in [4.69, 9.17) is 12.2 Å². The Morgan fingerprint density at radius 2 is 2.00 bits per heavy atom. The predicted molar refractivity (Wildman–Crippen MR) is 91.3 cm³/mol. The molecule has 0 aromatic heterocycles. The van der Waals surface area contributed by atoms with Crippen LogP contribution in [0.1, 0.15) is 19.4 Å². The van der Waals surface area contributed by atoms with Gasteiger partial charge < -0.3 is 4.90 Å². The third kappa shape index (κ3) is 2.97. The van der Waals surface area contributed by atoms with Gasteiger partial charge in [0.05, 0.1) is 0 Å². The predicted octanol–water partition coefficient (Wildman–Crippen LogP) is 3.30. The van der Waals surface area contributed by atoms with Crippen molar-refractivity contribution in [2.45, 2.75) is 29.7 Å². The minimum atomic E-state index is -0.216. The van der Waals surface area contributed by atoms with Gasteiger partial charge in [0, 0.05) is 17.5 Å². The molecule has 0 radical (unpaired) electrons. The highest BCUT2D eigenvalue weighted by Gasteiger charge is 2.51. The van der Waals surface area contributed by atoms with Gasteiger partial charge in [-0.1, -0.05) is 12.2 Å². The van der Waals surface area contributed by atoms with Crippen LogP contribution in [-0.4, -0.2) is 49.6 Å². The molecule has 6 heteroatoms. The average Bonchev–Trinajstić information content (AvgIpc) is 2.63. The number of hydrogen-bond acceptors (Lipinski definition) is 4. The fourth-order valence-corrected chi connectivity index (χ4v) is 4.12. The molecule has 1 aromatic carbocycles. The van der Waals surface area contributed by atoms with Crippen LogP contribution < -0.4 is 0 Å². The van der Waals surface area contributed by atoms with Gasteiger partial charge in [0.25, 0.3) is 5.37 Å². The zero-order valence-electron chi connectivity index (χ0n) is 12.0. The minimum absolute atomic E-state index is 0.111. The molecule has 1 saturated heterocycles. The first-order valence-electron chi connectivity index (χ1n) is 6.27. The molecule has 1 unspecified atom stereocenters. The second-order valence-electron chi connectivity index (χ2n) is 5.23. The molecule has 1 heterocycles. The van der Waals surface area contributed by atoms with E-state index < -0.39 is 0 Å². The van der Waals surface area contributed by atoms with Crippen LogP contribution in [0.15, 0.2) is 29.2 Å². The van der Waals surface area contributed by atoms with Gasteiger partial charge in [0.1, 0.15) is 9.86 Å². The molecule has 0 amide bonds. The van der Waals surface area contributed by atoms with Crippen molar-refractivity contribution >= 4 is 46.3 Å². The molecule has 3 nitrogen and oxygen atoms in total. The van der Waals surface area contributed by atoms with E-state index in [1.807, 2.05) is 42.5 Å². The van der Waals surface area contributed by atoms with E-state index in [9.17, 15) is 5.21 Å². The third-order valence-electron chi connectivity index (χ3n) is 3.59. The Labute approximate surface area is 134 Å². The maximum absolute atomic E-state index is 10.4. The molecule has 2 rings (SSSR count). The fourth-order valence-electron chi connectivity index (χ4n) is 2.01. The number of likely N-dealkylation sites (N-methyl/N-ethyl adjacent to an activating group) is 1. The Balaban J connectivity index is 2.24. The quantitative estimate of drug-likeness (QED) is 0.229. The van der Waals surface area contributed by atoms with Crippen LogP contribution >= 0.6 is 35.7 Å². The van der Waals surface area contributed by atoms with E-state index in [-0.39, 0.29) is 10.9 Å². The lowest BCUT2D eigenvalue weighted by Gasteiger charge is -2.28. The molecule has 0 spiro atoms. The Kier molecular flexibility index (Phi) is 4.66. The average molecular weight is 328 g/mol. The van der Waals surface area contributed by atoms with E-state index in [1.165, 1.54) is 21.4 Å². The van der Waals surface area contributed by atoms with Gasteiger partial charge in [-0.25, -0.2) is 0 Å². The Morgan fingerprint density at radius 1 is 1.40 bits per heavy atom. The Morgan fingerprint density at radius 3 is 2.45 bits per heavy atom. The van der Waals surface area contributed by atoms with Gasteiger partial charge in [0.15, 0.2) is 0 Å². The highest BCUT2D eigenvalue weighted by Crippen LogP contribution is 2.38. The van der Waals surface area contributed by atoms with Crippen molar-refractivity contribution in [2.24, 2.45) is 0 Å². The van der Waals surface area contributed by atoms with Crippen molar-refractivity contribution < 1.29 is 9.95 Å². The van der Waals surface area contributed by atoms with Gasteiger partial charge in [0.2, 0.25) is 6.21 Å². The summed E-state index contributed by atoms with van der Waals surface area (Å²) in [5.41, 5.74) is 0.758. The number of nitrogens with zero attached hydrogens (tertiary/aromatic N) is 2. The lowest BCUT2D eigenvalue weighted by Crippen LogP contribution is -2.47. The second kappa shape index (κ2) is 5.95. The number of benzene rings is 1. The highest BCUT2D eigenvalue weighted by molar-refractivity contribution is 8.23. The van der Waals surface area contributed by atoms with Gasteiger partial charge in [-0.2, -0.15) is 0 Å². The Hall–Kier alpha value is -0.720. The number of hydroxylamine groups is 1. The third-order valence-corrected chi connectivity index (χ3v) is 6.39. The lowest BCUT2D eigenvalue weighted by molar-refractivity contribution is -0.785. The molecule has 108 valence electrons. The van der Waals surface area contributed by atoms with Gasteiger partial charge in [-0.3, -0.25) is 5.21 Å².